The molecule has 33 heavy (non-hydrogen) atoms. The molecule has 2 aliphatic heterocycles. The lowest BCUT2D eigenvalue weighted by molar-refractivity contribution is -0.132. The molecular formula is C26H29N5O2. The number of aromatic nitrogens is 3. The molecule has 0 spiro atoms. The number of nitrogens with zero attached hydrogens (tertiary/aromatic N) is 5. The molecule has 2 amide bonds. The van der Waals surface area contributed by atoms with Crippen LogP contribution in [-0.2, 0) is 30.7 Å². The Morgan fingerprint density at radius 3 is 2.61 bits per heavy atom. The molecule has 170 valence electrons. The highest BCUT2D eigenvalue weighted by atomic mass is 16.2. The van der Waals surface area contributed by atoms with Gasteiger partial charge in [0, 0.05) is 26.1 Å². The quantitative estimate of drug-likeness (QED) is 0.587. The second-order valence-corrected chi connectivity index (χ2v) is 8.94. The van der Waals surface area contributed by atoms with Crippen LogP contribution in [0.5, 0.6) is 0 Å². The van der Waals surface area contributed by atoms with Gasteiger partial charge in [-0.1, -0.05) is 59.8 Å². The third-order valence-electron chi connectivity index (χ3n) is 6.74. The number of hydrogen-bond donors (Lipinski definition) is 0. The number of aryl methyl sites for hydroxylation is 1. The van der Waals surface area contributed by atoms with Crippen molar-refractivity contribution in [1.29, 1.82) is 0 Å². The number of hydrogen-bond acceptors (Lipinski definition) is 4. The standard InChI is InChI=1S/C26H29N5O2/c32-25(13-12-20-7-2-1-3-8-20)31-15-6-11-23(31)18-30-19-24(27-28-30)26(33)29-16-14-21-9-4-5-10-22(21)17-29/h1-5,7-10,19,23H,6,11-18H2/t23-/m0/s1. The molecule has 1 aromatic heterocycles. The van der Waals surface area contributed by atoms with Gasteiger partial charge in [0.05, 0.1) is 18.8 Å². The second-order valence-electron chi connectivity index (χ2n) is 8.94. The first-order valence-electron chi connectivity index (χ1n) is 11.8. The highest BCUT2D eigenvalue weighted by Gasteiger charge is 2.30. The Hall–Kier alpha value is -3.48. The molecule has 7 heteroatoms. The fraction of sp³-hybridized carbons (Fsp3) is 0.385. The van der Waals surface area contributed by atoms with Crippen molar-refractivity contribution < 1.29 is 9.59 Å². The molecule has 1 atom stereocenters. The van der Waals surface area contributed by atoms with Crippen molar-refractivity contribution in [2.75, 3.05) is 13.1 Å². The molecule has 3 heterocycles. The van der Waals surface area contributed by atoms with Gasteiger partial charge >= 0.3 is 0 Å². The Labute approximate surface area is 194 Å². The van der Waals surface area contributed by atoms with E-state index in [1.54, 1.807) is 10.9 Å². The van der Waals surface area contributed by atoms with Crippen LogP contribution >= 0.6 is 0 Å². The predicted molar refractivity (Wildman–Crippen MR) is 124 cm³/mol. The summed E-state index contributed by atoms with van der Waals surface area (Å²) in [6, 6.07) is 18.5. The Balaban J connectivity index is 1.18. The van der Waals surface area contributed by atoms with Gasteiger partial charge in [-0.25, -0.2) is 4.68 Å². The molecule has 0 N–H and O–H groups in total. The third-order valence-corrected chi connectivity index (χ3v) is 6.74. The van der Waals surface area contributed by atoms with Crippen LogP contribution in [0.15, 0.2) is 60.8 Å². The van der Waals surface area contributed by atoms with Crippen LogP contribution in [0.1, 0.15) is 46.4 Å². The third kappa shape index (κ3) is 4.82. The summed E-state index contributed by atoms with van der Waals surface area (Å²) < 4.78 is 1.72. The average molecular weight is 444 g/mol. The lowest BCUT2D eigenvalue weighted by Gasteiger charge is -2.28. The number of amides is 2. The maximum Gasteiger partial charge on any atom is 0.276 e. The molecule has 5 rings (SSSR count). The van der Waals surface area contributed by atoms with Gasteiger partial charge in [0.1, 0.15) is 0 Å². The summed E-state index contributed by atoms with van der Waals surface area (Å²) in [6.45, 7) is 2.65. The van der Waals surface area contributed by atoms with Crippen molar-refractivity contribution in [1.82, 2.24) is 24.8 Å². The molecule has 1 saturated heterocycles. The number of benzene rings is 2. The zero-order valence-electron chi connectivity index (χ0n) is 18.8. The molecule has 0 saturated carbocycles. The van der Waals surface area contributed by atoms with E-state index in [9.17, 15) is 9.59 Å². The summed E-state index contributed by atoms with van der Waals surface area (Å²) >= 11 is 0. The lowest BCUT2D eigenvalue weighted by Crippen LogP contribution is -2.38. The average Bonchev–Trinajstić information content (AvgIpc) is 3.52. The van der Waals surface area contributed by atoms with Crippen molar-refractivity contribution in [3.63, 3.8) is 0 Å². The van der Waals surface area contributed by atoms with Gasteiger partial charge < -0.3 is 9.80 Å². The highest BCUT2D eigenvalue weighted by Crippen LogP contribution is 2.22. The fourth-order valence-electron chi connectivity index (χ4n) is 4.93. The summed E-state index contributed by atoms with van der Waals surface area (Å²) in [6.07, 6.45) is 5.80. The zero-order chi connectivity index (χ0) is 22.6. The number of likely N-dealkylation sites (tertiary alicyclic amines) is 1. The predicted octanol–water partition coefficient (Wildman–Crippen LogP) is 3.10. The van der Waals surface area contributed by atoms with E-state index in [1.807, 2.05) is 40.1 Å². The van der Waals surface area contributed by atoms with Crippen molar-refractivity contribution in [3.8, 4) is 0 Å². The summed E-state index contributed by atoms with van der Waals surface area (Å²) in [5.74, 6) is 0.0997. The first-order valence-corrected chi connectivity index (χ1v) is 11.8. The largest absolute Gasteiger partial charge is 0.338 e. The van der Waals surface area contributed by atoms with Gasteiger partial charge in [-0.15, -0.1) is 5.10 Å². The Morgan fingerprint density at radius 2 is 1.76 bits per heavy atom. The van der Waals surface area contributed by atoms with E-state index < -0.39 is 0 Å². The summed E-state index contributed by atoms with van der Waals surface area (Å²) in [4.78, 5) is 29.7. The minimum Gasteiger partial charge on any atom is -0.338 e. The van der Waals surface area contributed by atoms with Gasteiger partial charge in [-0.3, -0.25) is 9.59 Å². The summed E-state index contributed by atoms with van der Waals surface area (Å²) in [5.41, 5.74) is 4.05. The molecule has 0 bridgehead atoms. The lowest BCUT2D eigenvalue weighted by atomic mass is 10.00. The first-order chi connectivity index (χ1) is 16.2. The molecule has 7 nitrogen and oxygen atoms in total. The van der Waals surface area contributed by atoms with Crippen LogP contribution < -0.4 is 0 Å². The molecule has 0 unspecified atom stereocenters. The Bertz CT molecular complexity index is 1130. The van der Waals surface area contributed by atoms with E-state index in [2.05, 4.69) is 34.6 Å². The van der Waals surface area contributed by atoms with Gasteiger partial charge in [0.15, 0.2) is 5.69 Å². The first kappa shape index (κ1) is 21.4. The molecule has 1 fully saturated rings. The second kappa shape index (κ2) is 9.57. The van der Waals surface area contributed by atoms with E-state index in [0.717, 1.165) is 32.2 Å². The molecule has 2 aliphatic rings. The maximum atomic E-state index is 13.0. The van der Waals surface area contributed by atoms with Crippen LogP contribution in [0, 0.1) is 0 Å². The number of carbonyl (C=O) groups excluding carboxylic acids is 2. The number of carbonyl (C=O) groups is 2. The van der Waals surface area contributed by atoms with Crippen molar-refractivity contribution in [2.45, 2.75) is 51.2 Å². The minimum absolute atomic E-state index is 0.0852. The van der Waals surface area contributed by atoms with E-state index in [0.29, 0.717) is 31.7 Å². The molecule has 3 aromatic rings. The summed E-state index contributed by atoms with van der Waals surface area (Å²) in [7, 11) is 0. The molecular weight excluding hydrogens is 414 g/mol. The van der Waals surface area contributed by atoms with Crippen LogP contribution in [0.3, 0.4) is 0 Å². The SMILES string of the molecule is O=C(c1cn(C[C@@H]2CCCN2C(=O)CCc2ccccc2)nn1)N1CCc2ccccc2C1. The Morgan fingerprint density at radius 1 is 0.970 bits per heavy atom. The van der Waals surface area contributed by atoms with Crippen molar-refractivity contribution >= 4 is 11.8 Å². The smallest absolute Gasteiger partial charge is 0.276 e. The highest BCUT2D eigenvalue weighted by molar-refractivity contribution is 5.92. The number of rotatable bonds is 6. The van der Waals surface area contributed by atoms with Gasteiger partial charge in [0.2, 0.25) is 5.91 Å². The zero-order valence-corrected chi connectivity index (χ0v) is 18.8. The number of fused-ring (bicyclic) bond motifs is 1. The molecule has 0 aliphatic carbocycles. The molecule has 0 radical (unpaired) electrons. The van der Waals surface area contributed by atoms with Gasteiger partial charge in [-0.2, -0.15) is 0 Å². The van der Waals surface area contributed by atoms with Crippen LogP contribution in [0.25, 0.3) is 0 Å². The van der Waals surface area contributed by atoms with Crippen molar-refractivity contribution in [3.05, 3.63) is 83.2 Å². The van der Waals surface area contributed by atoms with E-state index in [-0.39, 0.29) is 17.9 Å². The van der Waals surface area contributed by atoms with E-state index >= 15 is 0 Å². The van der Waals surface area contributed by atoms with Crippen LogP contribution in [-0.4, -0.2) is 55.7 Å². The topological polar surface area (TPSA) is 71.3 Å². The summed E-state index contributed by atoms with van der Waals surface area (Å²) in [5, 5.41) is 8.36. The van der Waals surface area contributed by atoms with Crippen molar-refractivity contribution in [2.24, 2.45) is 0 Å². The monoisotopic (exact) mass is 443 g/mol. The fourth-order valence-corrected chi connectivity index (χ4v) is 4.93. The Kier molecular flexibility index (Phi) is 6.19. The maximum absolute atomic E-state index is 13.0. The molecule has 2 aromatic carbocycles. The normalized spacial score (nSPS) is 17.8. The van der Waals surface area contributed by atoms with Crippen LogP contribution in [0.4, 0.5) is 0 Å². The van der Waals surface area contributed by atoms with E-state index in [4.69, 9.17) is 0 Å². The van der Waals surface area contributed by atoms with Gasteiger partial charge in [0.25, 0.3) is 5.91 Å². The minimum atomic E-state index is -0.0852. The van der Waals surface area contributed by atoms with Crippen LogP contribution in [0.2, 0.25) is 0 Å². The van der Waals surface area contributed by atoms with E-state index in [1.165, 1.54) is 16.7 Å². The van der Waals surface area contributed by atoms with Gasteiger partial charge in [-0.05, 0) is 42.4 Å².